The van der Waals surface area contributed by atoms with Crippen LogP contribution in [0.25, 0.3) is 11.1 Å². The molecular formula is C15H14ClFS. The van der Waals surface area contributed by atoms with Crippen LogP contribution < -0.4 is 0 Å². The lowest BCUT2D eigenvalue weighted by Crippen LogP contribution is -1.92. The summed E-state index contributed by atoms with van der Waals surface area (Å²) in [4.78, 5) is 1.08. The second-order valence-electron chi connectivity index (χ2n) is 3.98. The van der Waals surface area contributed by atoms with Crippen LogP contribution >= 0.6 is 23.4 Å². The molecule has 0 saturated heterocycles. The van der Waals surface area contributed by atoms with Crippen LogP contribution in [0.3, 0.4) is 0 Å². The Morgan fingerprint density at radius 2 is 1.94 bits per heavy atom. The van der Waals surface area contributed by atoms with Crippen LogP contribution in [0.4, 0.5) is 4.39 Å². The summed E-state index contributed by atoms with van der Waals surface area (Å²) >= 11 is 7.80. The molecule has 18 heavy (non-hydrogen) atoms. The largest absolute Gasteiger partial charge is 0.206 e. The molecule has 0 nitrogen and oxygen atoms in total. The lowest BCUT2D eigenvalue weighted by Gasteiger charge is -2.10. The Morgan fingerprint density at radius 3 is 2.61 bits per heavy atom. The molecule has 0 saturated carbocycles. The molecule has 2 rings (SSSR count). The van der Waals surface area contributed by atoms with Crippen molar-refractivity contribution in [3.63, 3.8) is 0 Å². The van der Waals surface area contributed by atoms with Crippen LogP contribution in [-0.2, 0) is 6.42 Å². The van der Waals surface area contributed by atoms with Crippen molar-refractivity contribution in [3.8, 4) is 11.1 Å². The summed E-state index contributed by atoms with van der Waals surface area (Å²) < 4.78 is 14.3. The van der Waals surface area contributed by atoms with E-state index in [0.29, 0.717) is 17.0 Å². The summed E-state index contributed by atoms with van der Waals surface area (Å²) in [5.41, 5.74) is 2.06. The first-order valence-electron chi connectivity index (χ1n) is 5.78. The second kappa shape index (κ2) is 5.77. The molecular weight excluding hydrogens is 267 g/mol. The van der Waals surface area contributed by atoms with E-state index in [1.54, 1.807) is 17.8 Å². The van der Waals surface area contributed by atoms with Gasteiger partial charge >= 0.3 is 0 Å². The Bertz CT molecular complexity index is 566. The average Bonchev–Trinajstić information content (AvgIpc) is 2.40. The first kappa shape index (κ1) is 13.4. The number of hydrogen-bond donors (Lipinski definition) is 0. The first-order chi connectivity index (χ1) is 8.67. The molecule has 0 heterocycles. The van der Waals surface area contributed by atoms with Crippen LogP contribution in [0.15, 0.2) is 41.3 Å². The molecule has 0 amide bonds. The molecule has 0 N–H and O–H groups in total. The van der Waals surface area contributed by atoms with Gasteiger partial charge in [0.1, 0.15) is 5.82 Å². The minimum Gasteiger partial charge on any atom is -0.206 e. The number of hydrogen-bond acceptors (Lipinski definition) is 1. The lowest BCUT2D eigenvalue weighted by atomic mass is 10.0. The first-order valence-corrected chi connectivity index (χ1v) is 7.39. The zero-order valence-electron chi connectivity index (χ0n) is 10.3. The van der Waals surface area contributed by atoms with E-state index in [2.05, 4.69) is 0 Å². The van der Waals surface area contributed by atoms with Gasteiger partial charge in [-0.05, 0) is 36.4 Å². The van der Waals surface area contributed by atoms with Crippen molar-refractivity contribution < 1.29 is 4.39 Å². The van der Waals surface area contributed by atoms with E-state index in [9.17, 15) is 4.39 Å². The topological polar surface area (TPSA) is 0 Å². The molecule has 0 aliphatic heterocycles. The van der Waals surface area contributed by atoms with E-state index in [4.69, 9.17) is 11.6 Å². The van der Waals surface area contributed by atoms with Gasteiger partial charge in [-0.2, -0.15) is 0 Å². The van der Waals surface area contributed by atoms with Gasteiger partial charge in [-0.3, -0.25) is 0 Å². The van der Waals surface area contributed by atoms with Crippen molar-refractivity contribution in [1.29, 1.82) is 0 Å². The maximum Gasteiger partial charge on any atom is 0.134 e. The van der Waals surface area contributed by atoms with Crippen molar-refractivity contribution in [2.24, 2.45) is 0 Å². The predicted molar refractivity (Wildman–Crippen MR) is 78.0 cm³/mol. The van der Waals surface area contributed by atoms with E-state index < -0.39 is 0 Å². The molecule has 3 heteroatoms. The molecule has 2 aromatic carbocycles. The Morgan fingerprint density at radius 1 is 1.17 bits per heavy atom. The summed E-state index contributed by atoms with van der Waals surface area (Å²) in [5, 5.41) is 0.583. The van der Waals surface area contributed by atoms with Gasteiger partial charge in [0.25, 0.3) is 0 Å². The monoisotopic (exact) mass is 280 g/mol. The highest BCUT2D eigenvalue weighted by Gasteiger charge is 2.12. The third-order valence-corrected chi connectivity index (χ3v) is 3.98. The van der Waals surface area contributed by atoms with Crippen LogP contribution in [0.2, 0.25) is 5.02 Å². The van der Waals surface area contributed by atoms with Crippen LogP contribution in [0.5, 0.6) is 0 Å². The Kier molecular flexibility index (Phi) is 4.31. The van der Waals surface area contributed by atoms with Gasteiger partial charge in [0.2, 0.25) is 0 Å². The molecule has 94 valence electrons. The summed E-state index contributed by atoms with van der Waals surface area (Å²) in [6.45, 7) is 1.95. The van der Waals surface area contributed by atoms with Gasteiger partial charge in [-0.25, -0.2) is 4.39 Å². The Labute approximate surface area is 116 Å². The van der Waals surface area contributed by atoms with Crippen molar-refractivity contribution in [2.45, 2.75) is 18.2 Å². The van der Waals surface area contributed by atoms with Gasteiger partial charge in [0, 0.05) is 21.0 Å². The normalized spacial score (nSPS) is 10.7. The van der Waals surface area contributed by atoms with E-state index in [0.717, 1.165) is 16.0 Å². The number of thioether (sulfide) groups is 1. The molecule has 0 radical (unpaired) electrons. The third kappa shape index (κ3) is 2.55. The van der Waals surface area contributed by atoms with Crippen LogP contribution in [-0.4, -0.2) is 6.26 Å². The number of aryl methyl sites for hydroxylation is 1. The third-order valence-electron chi connectivity index (χ3n) is 2.92. The molecule has 0 unspecified atom stereocenters. The summed E-state index contributed by atoms with van der Waals surface area (Å²) in [6, 6.07) is 11.2. The van der Waals surface area contributed by atoms with Gasteiger partial charge in [0.05, 0.1) is 0 Å². The molecule has 0 spiro atoms. The van der Waals surface area contributed by atoms with Crippen LogP contribution in [0, 0.1) is 5.82 Å². The fraction of sp³-hybridized carbons (Fsp3) is 0.200. The fourth-order valence-corrected chi connectivity index (χ4v) is 2.56. The van der Waals surface area contributed by atoms with Crippen molar-refractivity contribution in [3.05, 3.63) is 52.8 Å². The van der Waals surface area contributed by atoms with Gasteiger partial charge in [0.15, 0.2) is 0 Å². The number of rotatable bonds is 3. The fourth-order valence-electron chi connectivity index (χ4n) is 1.90. The molecule has 0 fully saturated rings. The highest BCUT2D eigenvalue weighted by atomic mass is 35.5. The van der Waals surface area contributed by atoms with Gasteiger partial charge in [-0.1, -0.05) is 36.7 Å². The molecule has 0 aromatic heterocycles. The summed E-state index contributed by atoms with van der Waals surface area (Å²) in [5.74, 6) is -0.167. The minimum absolute atomic E-state index is 0.167. The average molecular weight is 281 g/mol. The standard InChI is InChI=1S/C15H14ClFS/c1-3-10-5-4-6-12(15(10)17)13-9-11(18-2)7-8-14(13)16/h4-9H,3H2,1-2H3. The van der Waals surface area contributed by atoms with E-state index in [1.807, 2.05) is 43.5 Å². The van der Waals surface area contributed by atoms with Gasteiger partial charge in [-0.15, -0.1) is 11.8 Å². The second-order valence-corrected chi connectivity index (χ2v) is 5.26. The van der Waals surface area contributed by atoms with E-state index in [-0.39, 0.29) is 5.82 Å². The lowest BCUT2D eigenvalue weighted by molar-refractivity contribution is 0.616. The summed E-state index contributed by atoms with van der Waals surface area (Å²) in [7, 11) is 0. The van der Waals surface area contributed by atoms with Gasteiger partial charge < -0.3 is 0 Å². The SMILES string of the molecule is CCc1cccc(-c2cc(SC)ccc2Cl)c1F. The minimum atomic E-state index is -0.167. The zero-order chi connectivity index (χ0) is 13.1. The van der Waals surface area contributed by atoms with Crippen molar-refractivity contribution in [1.82, 2.24) is 0 Å². The molecule has 0 aliphatic carbocycles. The Balaban J connectivity index is 2.61. The predicted octanol–water partition coefficient (Wildman–Crippen LogP) is 5.43. The van der Waals surface area contributed by atoms with E-state index in [1.165, 1.54) is 0 Å². The van der Waals surface area contributed by atoms with Crippen molar-refractivity contribution in [2.75, 3.05) is 6.26 Å². The number of halogens is 2. The molecule has 0 atom stereocenters. The molecule has 0 aliphatic rings. The zero-order valence-corrected chi connectivity index (χ0v) is 11.9. The molecule has 0 bridgehead atoms. The van der Waals surface area contributed by atoms with Crippen molar-refractivity contribution >= 4 is 23.4 Å². The smallest absolute Gasteiger partial charge is 0.134 e. The summed E-state index contributed by atoms with van der Waals surface area (Å²) in [6.07, 6.45) is 2.67. The highest BCUT2D eigenvalue weighted by Crippen LogP contribution is 2.34. The van der Waals surface area contributed by atoms with E-state index >= 15 is 0 Å². The number of benzene rings is 2. The van der Waals surface area contributed by atoms with Crippen LogP contribution in [0.1, 0.15) is 12.5 Å². The molecule has 2 aromatic rings. The highest BCUT2D eigenvalue weighted by molar-refractivity contribution is 7.98. The maximum atomic E-state index is 14.3. The maximum absolute atomic E-state index is 14.3. The Hall–Kier alpha value is -0.990. The quantitative estimate of drug-likeness (QED) is 0.676.